The molecule has 0 saturated carbocycles. The average molecular weight is 429 g/mol. The van der Waals surface area contributed by atoms with Gasteiger partial charge in [-0.1, -0.05) is 26.2 Å². The predicted molar refractivity (Wildman–Crippen MR) is 143 cm³/mol. The van der Waals surface area contributed by atoms with Crippen LogP contribution in [-0.4, -0.2) is 24.6 Å². The molecule has 0 radical (unpaired) electrons. The molecule has 0 aliphatic heterocycles. The molecule has 0 unspecified atom stereocenters. The molecule has 0 N–H and O–H groups in total. The second-order valence-corrected chi connectivity index (χ2v) is 15.2. The van der Waals surface area contributed by atoms with E-state index in [0.29, 0.717) is 0 Å². The monoisotopic (exact) mass is 428 g/mol. The summed E-state index contributed by atoms with van der Waals surface area (Å²) in [6.07, 6.45) is 36.2. The second-order valence-electron chi connectivity index (χ2n) is 10.2. The third-order valence-electron chi connectivity index (χ3n) is 7.24. The van der Waals surface area contributed by atoms with E-state index in [1.807, 2.05) is 0 Å². The van der Waals surface area contributed by atoms with Crippen LogP contribution >= 0.6 is 7.26 Å². The summed E-state index contributed by atoms with van der Waals surface area (Å²) in [6, 6.07) is 0. The Kier molecular flexibility index (Phi) is 23.4. The van der Waals surface area contributed by atoms with Crippen molar-refractivity contribution in [3.8, 4) is 0 Å². The molecule has 0 saturated heterocycles. The Hall–Kier alpha value is 0.430. The Morgan fingerprint density at radius 1 is 0.276 bits per heavy atom. The summed E-state index contributed by atoms with van der Waals surface area (Å²) in [5.74, 6) is 0. The van der Waals surface area contributed by atoms with Gasteiger partial charge in [-0.3, -0.25) is 0 Å². The van der Waals surface area contributed by atoms with Crippen molar-refractivity contribution < 1.29 is 0 Å². The SMILES string of the molecule is CCCCCCCCCCCCCCCC[PH](CCCC)(CCCC)CCCC. The maximum atomic E-state index is 2.39. The van der Waals surface area contributed by atoms with Gasteiger partial charge < -0.3 is 0 Å². The molecule has 0 fully saturated rings. The van der Waals surface area contributed by atoms with Gasteiger partial charge in [-0.25, -0.2) is 0 Å². The summed E-state index contributed by atoms with van der Waals surface area (Å²) < 4.78 is 0. The van der Waals surface area contributed by atoms with Crippen molar-refractivity contribution in [3.05, 3.63) is 0 Å². The van der Waals surface area contributed by atoms with E-state index in [2.05, 4.69) is 27.7 Å². The molecule has 0 aromatic heterocycles. The summed E-state index contributed by atoms with van der Waals surface area (Å²) in [7, 11) is -0.961. The Balaban J connectivity index is 3.79. The van der Waals surface area contributed by atoms with Crippen LogP contribution in [0.3, 0.4) is 0 Å². The molecular formula is C28H61P. The van der Waals surface area contributed by atoms with Gasteiger partial charge in [0.05, 0.1) is 0 Å². The van der Waals surface area contributed by atoms with E-state index in [4.69, 9.17) is 0 Å². The minimum absolute atomic E-state index is 0.961. The third kappa shape index (κ3) is 18.9. The van der Waals surface area contributed by atoms with E-state index >= 15 is 0 Å². The van der Waals surface area contributed by atoms with Gasteiger partial charge in [0, 0.05) is 0 Å². The molecule has 1 heteroatoms. The molecule has 0 rings (SSSR count). The Morgan fingerprint density at radius 2 is 0.517 bits per heavy atom. The van der Waals surface area contributed by atoms with Gasteiger partial charge in [0.1, 0.15) is 0 Å². The van der Waals surface area contributed by atoms with Crippen LogP contribution in [0, 0.1) is 0 Å². The molecule has 178 valence electrons. The van der Waals surface area contributed by atoms with Crippen LogP contribution in [0.25, 0.3) is 0 Å². The molecule has 0 amide bonds. The Labute approximate surface area is 188 Å². The summed E-state index contributed by atoms with van der Waals surface area (Å²) >= 11 is 0. The maximum absolute atomic E-state index is 2.39. The van der Waals surface area contributed by atoms with Crippen molar-refractivity contribution >= 4 is 7.26 Å². The molecule has 0 aromatic carbocycles. The van der Waals surface area contributed by atoms with E-state index in [1.165, 1.54) is 122 Å². The van der Waals surface area contributed by atoms with Crippen LogP contribution in [0.4, 0.5) is 0 Å². The summed E-state index contributed by atoms with van der Waals surface area (Å²) in [5.41, 5.74) is 0. The molecule has 0 spiro atoms. The fourth-order valence-electron chi connectivity index (χ4n) is 5.10. The first-order chi connectivity index (χ1) is 14.2. The van der Waals surface area contributed by atoms with Gasteiger partial charge in [-0.2, -0.15) is 0 Å². The zero-order chi connectivity index (χ0) is 21.5. The zero-order valence-electron chi connectivity index (χ0n) is 21.5. The molecular weight excluding hydrogens is 367 g/mol. The van der Waals surface area contributed by atoms with E-state index < -0.39 is 7.26 Å². The second kappa shape index (κ2) is 23.1. The molecule has 0 atom stereocenters. The third-order valence-corrected chi connectivity index (χ3v) is 12.9. The van der Waals surface area contributed by atoms with Crippen molar-refractivity contribution in [2.75, 3.05) is 24.6 Å². The van der Waals surface area contributed by atoms with Crippen LogP contribution in [-0.2, 0) is 0 Å². The summed E-state index contributed by atoms with van der Waals surface area (Å²) in [4.78, 5) is 0. The van der Waals surface area contributed by atoms with Crippen molar-refractivity contribution in [2.45, 2.75) is 156 Å². The van der Waals surface area contributed by atoms with Gasteiger partial charge in [0.15, 0.2) is 0 Å². The average Bonchev–Trinajstić information content (AvgIpc) is 2.74. The van der Waals surface area contributed by atoms with Crippen LogP contribution in [0.15, 0.2) is 0 Å². The minimum atomic E-state index is -0.961. The zero-order valence-corrected chi connectivity index (χ0v) is 22.5. The van der Waals surface area contributed by atoms with E-state index in [9.17, 15) is 0 Å². The first-order valence-corrected chi connectivity index (χ1v) is 17.1. The predicted octanol–water partition coefficient (Wildman–Crippen LogP) is 10.6. The fraction of sp³-hybridized carbons (Fsp3) is 1.00. The van der Waals surface area contributed by atoms with Crippen LogP contribution < -0.4 is 0 Å². The van der Waals surface area contributed by atoms with E-state index in [1.54, 1.807) is 31.1 Å². The van der Waals surface area contributed by atoms with E-state index in [0.717, 1.165) is 0 Å². The first kappa shape index (κ1) is 29.4. The quantitative estimate of drug-likeness (QED) is 0.106. The molecule has 0 nitrogen and oxygen atoms in total. The van der Waals surface area contributed by atoms with Gasteiger partial charge in [-0.05, 0) is 0 Å². The van der Waals surface area contributed by atoms with Crippen molar-refractivity contribution in [1.82, 2.24) is 0 Å². The Morgan fingerprint density at radius 3 is 0.828 bits per heavy atom. The van der Waals surface area contributed by atoms with Crippen LogP contribution in [0.5, 0.6) is 0 Å². The number of rotatable bonds is 24. The topological polar surface area (TPSA) is 0 Å². The summed E-state index contributed by atoms with van der Waals surface area (Å²) in [5, 5.41) is 0. The van der Waals surface area contributed by atoms with Gasteiger partial charge in [0.2, 0.25) is 0 Å². The van der Waals surface area contributed by atoms with E-state index in [-0.39, 0.29) is 0 Å². The molecule has 0 aromatic rings. The summed E-state index contributed by atoms with van der Waals surface area (Å²) in [6.45, 7) is 9.49. The van der Waals surface area contributed by atoms with Gasteiger partial charge in [-0.15, -0.1) is 0 Å². The van der Waals surface area contributed by atoms with Crippen LogP contribution in [0.2, 0.25) is 0 Å². The molecule has 0 heterocycles. The standard InChI is InChI=1S/C28H61P/c1-5-9-13-14-15-16-17-18-19-20-21-22-23-24-28-29(25-10-6-2,26-11-7-3)27-12-8-4/h29H,5-28H2,1-4H3. The normalized spacial score (nSPS) is 12.6. The van der Waals surface area contributed by atoms with Crippen molar-refractivity contribution in [2.24, 2.45) is 0 Å². The van der Waals surface area contributed by atoms with Gasteiger partial charge >= 0.3 is 162 Å². The number of unbranched alkanes of at least 4 members (excludes halogenated alkanes) is 16. The molecule has 29 heavy (non-hydrogen) atoms. The fourth-order valence-corrected chi connectivity index (χ4v) is 10.9. The molecule has 0 aliphatic rings. The van der Waals surface area contributed by atoms with Crippen LogP contribution in [0.1, 0.15) is 156 Å². The van der Waals surface area contributed by atoms with Crippen molar-refractivity contribution in [1.29, 1.82) is 0 Å². The number of hydrogen-bond donors (Lipinski definition) is 0. The Bertz CT molecular complexity index is 277. The van der Waals surface area contributed by atoms with Crippen molar-refractivity contribution in [3.63, 3.8) is 0 Å². The number of hydrogen-bond acceptors (Lipinski definition) is 0. The molecule has 0 aliphatic carbocycles. The molecule has 0 bridgehead atoms. The van der Waals surface area contributed by atoms with Gasteiger partial charge in [0.25, 0.3) is 0 Å². The first-order valence-electron chi connectivity index (χ1n) is 14.2.